The first-order valence-corrected chi connectivity index (χ1v) is 6.02. The van der Waals surface area contributed by atoms with Crippen molar-refractivity contribution in [3.05, 3.63) is 0 Å². The highest BCUT2D eigenvalue weighted by molar-refractivity contribution is 5.74. The summed E-state index contributed by atoms with van der Waals surface area (Å²) in [4.78, 5) is 13.5. The number of amides is 2. The summed E-state index contributed by atoms with van der Waals surface area (Å²) in [5.41, 5.74) is 0. The molecule has 2 rings (SSSR count). The molecule has 0 aromatic heterocycles. The summed E-state index contributed by atoms with van der Waals surface area (Å²) < 4.78 is 0. The van der Waals surface area contributed by atoms with Crippen LogP contribution in [0.25, 0.3) is 0 Å². The molecule has 4 heteroatoms. The molecule has 86 valence electrons. The van der Waals surface area contributed by atoms with Crippen molar-refractivity contribution < 1.29 is 4.79 Å². The van der Waals surface area contributed by atoms with Crippen LogP contribution in [0.5, 0.6) is 0 Å². The van der Waals surface area contributed by atoms with E-state index in [1.165, 1.54) is 12.8 Å². The summed E-state index contributed by atoms with van der Waals surface area (Å²) in [6.07, 6.45) is 3.57. The maximum absolute atomic E-state index is 11.5. The van der Waals surface area contributed by atoms with Crippen LogP contribution >= 0.6 is 0 Å². The molecule has 2 N–H and O–H groups in total. The van der Waals surface area contributed by atoms with Crippen LogP contribution in [-0.4, -0.2) is 43.2 Å². The standard InChI is InChI=1S/C11H21N3O/c1-9-3-4-10(7-13-9)8-14-6-2-5-12-11(14)15/h9-10,13H,2-8H2,1H3,(H,12,15). The summed E-state index contributed by atoms with van der Waals surface area (Å²) in [6.45, 7) is 5.98. The van der Waals surface area contributed by atoms with Gasteiger partial charge in [0.15, 0.2) is 0 Å². The van der Waals surface area contributed by atoms with Gasteiger partial charge in [0.1, 0.15) is 0 Å². The average Bonchev–Trinajstić information content (AvgIpc) is 2.25. The van der Waals surface area contributed by atoms with Crippen molar-refractivity contribution >= 4 is 6.03 Å². The Bertz CT molecular complexity index is 224. The van der Waals surface area contributed by atoms with Crippen LogP contribution in [0.1, 0.15) is 26.2 Å². The van der Waals surface area contributed by atoms with E-state index in [0.717, 1.165) is 32.6 Å². The van der Waals surface area contributed by atoms with Crippen LogP contribution in [0.15, 0.2) is 0 Å². The number of piperidine rings is 1. The molecular weight excluding hydrogens is 190 g/mol. The Kier molecular flexibility index (Phi) is 3.46. The van der Waals surface area contributed by atoms with Gasteiger partial charge in [-0.15, -0.1) is 0 Å². The van der Waals surface area contributed by atoms with Gasteiger partial charge >= 0.3 is 6.03 Å². The molecule has 2 aliphatic heterocycles. The lowest BCUT2D eigenvalue weighted by molar-refractivity contribution is 0.166. The third-order valence-electron chi connectivity index (χ3n) is 3.41. The first kappa shape index (κ1) is 10.7. The summed E-state index contributed by atoms with van der Waals surface area (Å²) in [5, 5.41) is 6.38. The zero-order valence-corrected chi connectivity index (χ0v) is 9.46. The molecule has 0 saturated carbocycles. The van der Waals surface area contributed by atoms with Crippen LogP contribution in [0.3, 0.4) is 0 Å². The molecule has 0 radical (unpaired) electrons. The minimum absolute atomic E-state index is 0.125. The molecule has 0 aromatic rings. The van der Waals surface area contributed by atoms with Gasteiger partial charge < -0.3 is 15.5 Å². The van der Waals surface area contributed by atoms with Crippen molar-refractivity contribution in [3.8, 4) is 0 Å². The molecule has 2 atom stereocenters. The molecule has 15 heavy (non-hydrogen) atoms. The lowest BCUT2D eigenvalue weighted by Crippen LogP contribution is -2.50. The summed E-state index contributed by atoms with van der Waals surface area (Å²) in [7, 11) is 0. The Morgan fingerprint density at radius 1 is 1.47 bits per heavy atom. The fourth-order valence-electron chi connectivity index (χ4n) is 2.38. The fourth-order valence-corrected chi connectivity index (χ4v) is 2.38. The van der Waals surface area contributed by atoms with E-state index in [1.54, 1.807) is 0 Å². The van der Waals surface area contributed by atoms with E-state index < -0.39 is 0 Å². The average molecular weight is 211 g/mol. The maximum Gasteiger partial charge on any atom is 0.317 e. The minimum atomic E-state index is 0.125. The SMILES string of the molecule is CC1CCC(CN2CCCNC2=O)CN1. The largest absolute Gasteiger partial charge is 0.338 e. The minimum Gasteiger partial charge on any atom is -0.338 e. The van der Waals surface area contributed by atoms with Gasteiger partial charge in [-0.25, -0.2) is 4.79 Å². The number of rotatable bonds is 2. The second-order valence-corrected chi connectivity index (χ2v) is 4.78. The molecule has 4 nitrogen and oxygen atoms in total. The van der Waals surface area contributed by atoms with E-state index in [1.807, 2.05) is 4.90 Å². The second kappa shape index (κ2) is 4.84. The predicted molar refractivity (Wildman–Crippen MR) is 59.8 cm³/mol. The number of hydrogen-bond donors (Lipinski definition) is 2. The highest BCUT2D eigenvalue weighted by Gasteiger charge is 2.24. The third-order valence-corrected chi connectivity index (χ3v) is 3.41. The quantitative estimate of drug-likeness (QED) is 0.709. The number of carbonyl (C=O) groups excluding carboxylic acids is 1. The number of urea groups is 1. The van der Waals surface area contributed by atoms with Crippen molar-refractivity contribution in [2.24, 2.45) is 5.92 Å². The van der Waals surface area contributed by atoms with E-state index in [9.17, 15) is 4.79 Å². The van der Waals surface area contributed by atoms with Gasteiger partial charge in [0.2, 0.25) is 0 Å². The van der Waals surface area contributed by atoms with Gasteiger partial charge in [-0.3, -0.25) is 0 Å². The van der Waals surface area contributed by atoms with Gasteiger partial charge in [-0.1, -0.05) is 0 Å². The maximum atomic E-state index is 11.5. The zero-order valence-electron chi connectivity index (χ0n) is 9.46. The topological polar surface area (TPSA) is 44.4 Å². The van der Waals surface area contributed by atoms with Crippen LogP contribution in [0, 0.1) is 5.92 Å². The molecule has 2 aliphatic rings. The highest BCUT2D eigenvalue weighted by Crippen LogP contribution is 2.16. The van der Waals surface area contributed by atoms with Gasteiger partial charge in [0, 0.05) is 25.7 Å². The number of hydrogen-bond acceptors (Lipinski definition) is 2. The predicted octanol–water partition coefficient (Wildman–Crippen LogP) is 0.790. The molecule has 2 heterocycles. The van der Waals surface area contributed by atoms with E-state index in [4.69, 9.17) is 0 Å². The summed E-state index contributed by atoms with van der Waals surface area (Å²) in [5.74, 6) is 0.644. The first-order chi connectivity index (χ1) is 7.25. The molecule has 2 saturated heterocycles. The van der Waals surface area contributed by atoms with Crippen molar-refractivity contribution in [1.29, 1.82) is 0 Å². The van der Waals surface area contributed by atoms with Crippen LogP contribution in [0.4, 0.5) is 4.79 Å². The Morgan fingerprint density at radius 3 is 3.00 bits per heavy atom. The van der Waals surface area contributed by atoms with Crippen LogP contribution < -0.4 is 10.6 Å². The second-order valence-electron chi connectivity index (χ2n) is 4.78. The van der Waals surface area contributed by atoms with Crippen molar-refractivity contribution in [2.75, 3.05) is 26.2 Å². The highest BCUT2D eigenvalue weighted by atomic mass is 16.2. The molecule has 2 unspecified atom stereocenters. The smallest absolute Gasteiger partial charge is 0.317 e. The zero-order chi connectivity index (χ0) is 10.7. The van der Waals surface area contributed by atoms with Crippen LogP contribution in [0.2, 0.25) is 0 Å². The molecule has 0 aromatic carbocycles. The number of carbonyl (C=O) groups is 1. The lowest BCUT2D eigenvalue weighted by Gasteiger charge is -2.34. The normalized spacial score (nSPS) is 32.6. The first-order valence-electron chi connectivity index (χ1n) is 6.02. The number of nitrogens with zero attached hydrogens (tertiary/aromatic N) is 1. The van der Waals surface area contributed by atoms with Gasteiger partial charge in [0.05, 0.1) is 0 Å². The van der Waals surface area contributed by atoms with Crippen molar-refractivity contribution in [1.82, 2.24) is 15.5 Å². The van der Waals surface area contributed by atoms with Crippen molar-refractivity contribution in [3.63, 3.8) is 0 Å². The van der Waals surface area contributed by atoms with Gasteiger partial charge in [-0.05, 0) is 38.6 Å². The Morgan fingerprint density at radius 2 is 2.33 bits per heavy atom. The number of nitrogens with one attached hydrogen (secondary N) is 2. The van der Waals surface area contributed by atoms with E-state index in [-0.39, 0.29) is 6.03 Å². The van der Waals surface area contributed by atoms with E-state index >= 15 is 0 Å². The molecule has 0 aliphatic carbocycles. The van der Waals surface area contributed by atoms with Crippen molar-refractivity contribution in [2.45, 2.75) is 32.2 Å². The third kappa shape index (κ3) is 2.84. The van der Waals surface area contributed by atoms with Gasteiger partial charge in [-0.2, -0.15) is 0 Å². The summed E-state index contributed by atoms with van der Waals surface area (Å²) >= 11 is 0. The molecule has 0 bridgehead atoms. The summed E-state index contributed by atoms with van der Waals surface area (Å²) in [6, 6.07) is 0.774. The lowest BCUT2D eigenvalue weighted by atomic mass is 9.95. The van der Waals surface area contributed by atoms with E-state index in [2.05, 4.69) is 17.6 Å². The molecule has 2 amide bonds. The Hall–Kier alpha value is -0.770. The van der Waals surface area contributed by atoms with Gasteiger partial charge in [0.25, 0.3) is 0 Å². The van der Waals surface area contributed by atoms with Crippen LogP contribution in [-0.2, 0) is 0 Å². The molecule has 2 fully saturated rings. The fraction of sp³-hybridized carbons (Fsp3) is 0.909. The molecule has 0 spiro atoms. The Balaban J connectivity index is 1.78. The Labute approximate surface area is 91.4 Å². The van der Waals surface area contributed by atoms with E-state index in [0.29, 0.717) is 12.0 Å². The monoisotopic (exact) mass is 211 g/mol. The molecular formula is C11H21N3O.